The number of hydrogen-bond donors (Lipinski definition) is 2. The summed E-state index contributed by atoms with van der Waals surface area (Å²) in [5, 5.41) is 15.6. The van der Waals surface area contributed by atoms with E-state index in [-0.39, 0.29) is 5.41 Å². The molecule has 0 amide bonds. The van der Waals surface area contributed by atoms with Gasteiger partial charge in [0.1, 0.15) is 5.60 Å². The van der Waals surface area contributed by atoms with Crippen molar-refractivity contribution in [3.8, 4) is 22.3 Å². The summed E-state index contributed by atoms with van der Waals surface area (Å²) in [7, 11) is 0. The maximum atomic E-state index is 12.1. The van der Waals surface area contributed by atoms with E-state index in [0.29, 0.717) is 0 Å². The number of fused-ring (bicyclic) bond motifs is 12. The summed E-state index contributed by atoms with van der Waals surface area (Å²) < 4.78 is 0. The smallest absolute Gasteiger partial charge is 0.143 e. The molecule has 252 valence electrons. The number of hydrogen-bond acceptors (Lipinski definition) is 2. The zero-order valence-electron chi connectivity index (χ0n) is 29.2. The van der Waals surface area contributed by atoms with Crippen LogP contribution in [-0.4, -0.2) is 5.11 Å². The number of benzene rings is 8. The van der Waals surface area contributed by atoms with Gasteiger partial charge in [-0.25, -0.2) is 0 Å². The molecule has 0 aromatic heterocycles. The zero-order chi connectivity index (χ0) is 35.4. The average Bonchev–Trinajstić information content (AvgIpc) is 3.67. The first kappa shape index (κ1) is 31.3. The highest BCUT2D eigenvalue weighted by Gasteiger charge is 2.49. The van der Waals surface area contributed by atoms with Gasteiger partial charge in [-0.3, -0.25) is 0 Å². The Hall–Kier alpha value is -6.48. The van der Waals surface area contributed by atoms with Crippen LogP contribution in [0.25, 0.3) is 22.3 Å². The van der Waals surface area contributed by atoms with Crippen LogP contribution in [0.4, 0.5) is 11.4 Å². The van der Waals surface area contributed by atoms with E-state index in [0.717, 1.165) is 45.6 Å². The molecule has 3 aliphatic rings. The van der Waals surface area contributed by atoms with E-state index in [1.54, 1.807) is 0 Å². The molecule has 0 fully saturated rings. The van der Waals surface area contributed by atoms with Gasteiger partial charge in [0.05, 0.1) is 5.41 Å². The van der Waals surface area contributed by atoms with Gasteiger partial charge in [0.15, 0.2) is 0 Å². The summed E-state index contributed by atoms with van der Waals surface area (Å²) in [5.41, 5.74) is 16.7. The van der Waals surface area contributed by atoms with E-state index in [1.807, 2.05) is 91.0 Å². The van der Waals surface area contributed by atoms with Crippen LogP contribution < -0.4 is 5.32 Å². The average molecular weight is 680 g/mol. The summed E-state index contributed by atoms with van der Waals surface area (Å²) in [6.07, 6.45) is 1.01. The predicted molar refractivity (Wildman–Crippen MR) is 217 cm³/mol. The lowest BCUT2D eigenvalue weighted by Gasteiger charge is -2.40. The Morgan fingerprint density at radius 3 is 1.21 bits per heavy atom. The molecule has 0 radical (unpaired) electrons. The molecule has 2 N–H and O–H groups in total. The van der Waals surface area contributed by atoms with Crippen LogP contribution in [0.2, 0.25) is 0 Å². The maximum absolute atomic E-state index is 12.1. The standard InChI is InChI=1S/C26H18.C25H19NO/c1-5-13-22-18(9-1)17-19-10-2-6-14-23(19)26(22)24-15-7-3-11-20(24)21-12-4-8-16-25(21)26;27-25(21-14-6-4-12-19(21)20-13-5-7-15-22(20)25)23-16-8-9-17-24(23)26-18-10-2-1-3-11-18/h1-16H,17H2;1-17,26-27H. The molecule has 0 bridgehead atoms. The van der Waals surface area contributed by atoms with Crippen molar-refractivity contribution in [1.29, 1.82) is 0 Å². The highest BCUT2D eigenvalue weighted by molar-refractivity contribution is 5.88. The van der Waals surface area contributed by atoms with Crippen molar-refractivity contribution < 1.29 is 5.11 Å². The van der Waals surface area contributed by atoms with Gasteiger partial charge in [0, 0.05) is 28.1 Å². The van der Waals surface area contributed by atoms with Crippen LogP contribution in [-0.2, 0) is 17.4 Å². The molecule has 3 aliphatic carbocycles. The van der Waals surface area contributed by atoms with Crippen molar-refractivity contribution in [2.24, 2.45) is 0 Å². The van der Waals surface area contributed by atoms with Gasteiger partial charge in [0.25, 0.3) is 0 Å². The number of nitrogens with one attached hydrogen (secondary N) is 1. The second-order valence-electron chi connectivity index (χ2n) is 14.2. The fraction of sp³-hybridized carbons (Fsp3) is 0.0588. The third kappa shape index (κ3) is 4.63. The van der Waals surface area contributed by atoms with Crippen molar-refractivity contribution in [1.82, 2.24) is 0 Å². The first-order valence-electron chi connectivity index (χ1n) is 18.4. The molecule has 53 heavy (non-hydrogen) atoms. The molecule has 8 aromatic carbocycles. The highest BCUT2D eigenvalue weighted by atomic mass is 16.3. The maximum Gasteiger partial charge on any atom is 0.143 e. The van der Waals surface area contributed by atoms with Gasteiger partial charge >= 0.3 is 0 Å². The van der Waals surface area contributed by atoms with Gasteiger partial charge in [-0.2, -0.15) is 0 Å². The molecule has 0 aliphatic heterocycles. The van der Waals surface area contributed by atoms with Gasteiger partial charge < -0.3 is 10.4 Å². The molecule has 0 atom stereocenters. The van der Waals surface area contributed by atoms with Crippen molar-refractivity contribution in [2.45, 2.75) is 17.4 Å². The minimum Gasteiger partial charge on any atom is -0.376 e. The zero-order valence-corrected chi connectivity index (χ0v) is 29.2. The topological polar surface area (TPSA) is 32.3 Å². The quantitative estimate of drug-likeness (QED) is 0.195. The Labute approximate surface area is 310 Å². The highest BCUT2D eigenvalue weighted by Crippen LogP contribution is 2.59. The van der Waals surface area contributed by atoms with Crippen molar-refractivity contribution in [2.75, 3.05) is 5.32 Å². The Morgan fingerprint density at radius 2 is 0.698 bits per heavy atom. The third-order valence-electron chi connectivity index (χ3n) is 11.5. The number of para-hydroxylation sites is 2. The predicted octanol–water partition coefficient (Wildman–Crippen LogP) is 11.6. The van der Waals surface area contributed by atoms with E-state index in [9.17, 15) is 5.11 Å². The molecule has 1 spiro atoms. The van der Waals surface area contributed by atoms with Gasteiger partial charge in [0.2, 0.25) is 0 Å². The second-order valence-corrected chi connectivity index (χ2v) is 14.2. The molecule has 0 saturated carbocycles. The van der Waals surface area contributed by atoms with Crippen LogP contribution in [0.5, 0.6) is 0 Å². The van der Waals surface area contributed by atoms with E-state index < -0.39 is 5.60 Å². The van der Waals surface area contributed by atoms with Gasteiger partial charge in [-0.15, -0.1) is 0 Å². The largest absolute Gasteiger partial charge is 0.376 e. The first-order chi connectivity index (χ1) is 26.2. The van der Waals surface area contributed by atoms with Crippen LogP contribution in [0.3, 0.4) is 0 Å². The monoisotopic (exact) mass is 679 g/mol. The number of aliphatic hydroxyl groups is 1. The molecule has 2 heteroatoms. The first-order valence-corrected chi connectivity index (χ1v) is 18.4. The van der Waals surface area contributed by atoms with Crippen LogP contribution in [0.15, 0.2) is 200 Å². The van der Waals surface area contributed by atoms with Crippen LogP contribution in [0.1, 0.15) is 50.1 Å². The molecule has 0 unspecified atom stereocenters. The summed E-state index contributed by atoms with van der Waals surface area (Å²) in [6.45, 7) is 0. The van der Waals surface area contributed by atoms with Crippen molar-refractivity contribution >= 4 is 11.4 Å². The normalized spacial score (nSPS) is 14.4. The van der Waals surface area contributed by atoms with E-state index in [1.165, 1.54) is 44.5 Å². The molecule has 2 nitrogen and oxygen atoms in total. The van der Waals surface area contributed by atoms with Crippen LogP contribution in [0, 0.1) is 0 Å². The summed E-state index contributed by atoms with van der Waals surface area (Å²) in [6, 6.07) is 70.2. The van der Waals surface area contributed by atoms with E-state index in [2.05, 4.69) is 115 Å². The summed E-state index contributed by atoms with van der Waals surface area (Å²) in [4.78, 5) is 0. The Bertz CT molecular complexity index is 2520. The fourth-order valence-electron chi connectivity index (χ4n) is 9.33. The molecule has 8 aromatic rings. The second kappa shape index (κ2) is 12.3. The van der Waals surface area contributed by atoms with Crippen LogP contribution >= 0.6 is 0 Å². The third-order valence-corrected chi connectivity index (χ3v) is 11.5. The Kier molecular flexibility index (Phi) is 7.28. The Morgan fingerprint density at radius 1 is 0.340 bits per heavy atom. The van der Waals surface area contributed by atoms with Gasteiger partial charge in [-0.05, 0) is 80.3 Å². The lowest BCUT2D eigenvalue weighted by molar-refractivity contribution is 0.131. The minimum atomic E-state index is -1.19. The summed E-state index contributed by atoms with van der Waals surface area (Å²) >= 11 is 0. The Balaban J connectivity index is 0.000000132. The summed E-state index contributed by atoms with van der Waals surface area (Å²) in [5.74, 6) is 0. The molecular weight excluding hydrogens is 643 g/mol. The number of anilines is 2. The van der Waals surface area contributed by atoms with E-state index in [4.69, 9.17) is 0 Å². The molecule has 0 saturated heterocycles. The number of rotatable bonds is 3. The minimum absolute atomic E-state index is 0.196. The molecule has 11 rings (SSSR count). The fourth-order valence-corrected chi connectivity index (χ4v) is 9.33. The lowest BCUT2D eigenvalue weighted by atomic mass is 9.61. The molecule has 0 heterocycles. The lowest BCUT2D eigenvalue weighted by Crippen LogP contribution is -2.34. The molecular formula is C51H37NO. The van der Waals surface area contributed by atoms with Crippen molar-refractivity contribution in [3.05, 3.63) is 250 Å². The van der Waals surface area contributed by atoms with E-state index >= 15 is 0 Å². The van der Waals surface area contributed by atoms with Gasteiger partial charge in [-0.1, -0.05) is 182 Å². The van der Waals surface area contributed by atoms with Crippen molar-refractivity contribution in [3.63, 3.8) is 0 Å². The SMILES string of the molecule is OC1(c2ccccc2Nc2ccccc2)c2ccccc2-c2ccccc21.c1ccc2c(c1)Cc1ccccc1C21c2ccccc2-c2ccccc21.